The molecular weight excluding hydrogens is 256 g/mol. The van der Waals surface area contributed by atoms with Crippen molar-refractivity contribution in [2.45, 2.75) is 49.7 Å². The second-order valence-corrected chi connectivity index (χ2v) is 7.36. The number of thiazole rings is 1. The van der Waals surface area contributed by atoms with Crippen LogP contribution in [0, 0.1) is 6.92 Å². The average Bonchev–Trinajstić information content (AvgIpc) is 2.42. The van der Waals surface area contributed by atoms with Crippen LogP contribution in [0.3, 0.4) is 0 Å². The van der Waals surface area contributed by atoms with Gasteiger partial charge in [-0.3, -0.25) is 4.79 Å². The second-order valence-electron chi connectivity index (χ2n) is 4.72. The first kappa shape index (κ1) is 14.3. The monoisotopic (exact) mass is 274 g/mol. The van der Waals surface area contributed by atoms with Gasteiger partial charge < -0.3 is 10.5 Å². The summed E-state index contributed by atoms with van der Waals surface area (Å²) in [7, 11) is 0. The Labute approximate surface area is 110 Å². The van der Waals surface area contributed by atoms with E-state index in [1.54, 1.807) is 0 Å². The van der Waals surface area contributed by atoms with Crippen molar-refractivity contribution in [2.75, 3.05) is 5.73 Å². The van der Waals surface area contributed by atoms with E-state index in [-0.39, 0.29) is 11.2 Å². The highest BCUT2D eigenvalue weighted by Gasteiger charge is 2.23. The van der Waals surface area contributed by atoms with Crippen molar-refractivity contribution in [3.8, 4) is 0 Å². The number of thioether (sulfide) groups is 1. The molecule has 6 heteroatoms. The van der Waals surface area contributed by atoms with Crippen LogP contribution in [0.25, 0.3) is 0 Å². The van der Waals surface area contributed by atoms with Crippen LogP contribution in [0.2, 0.25) is 0 Å². The Morgan fingerprint density at radius 2 is 2.12 bits per heavy atom. The van der Waals surface area contributed by atoms with E-state index in [0.717, 1.165) is 9.90 Å². The maximum Gasteiger partial charge on any atom is 0.319 e. The number of aromatic nitrogens is 1. The van der Waals surface area contributed by atoms with Gasteiger partial charge in [-0.25, -0.2) is 4.98 Å². The number of aryl methyl sites for hydroxylation is 1. The Kier molecular flexibility index (Phi) is 4.43. The molecule has 2 N–H and O–H groups in total. The lowest BCUT2D eigenvalue weighted by Crippen LogP contribution is -2.28. The maximum atomic E-state index is 11.8. The molecule has 4 nitrogen and oxygen atoms in total. The van der Waals surface area contributed by atoms with E-state index in [1.165, 1.54) is 23.1 Å². The number of nitrogen functional groups attached to an aromatic ring is 1. The quantitative estimate of drug-likeness (QED) is 0.678. The van der Waals surface area contributed by atoms with Crippen molar-refractivity contribution in [3.05, 3.63) is 5.69 Å². The van der Waals surface area contributed by atoms with E-state index >= 15 is 0 Å². The van der Waals surface area contributed by atoms with Crippen LogP contribution in [-0.2, 0) is 9.53 Å². The smallest absolute Gasteiger partial charge is 0.319 e. The molecule has 0 radical (unpaired) electrons. The fraction of sp³-hybridized carbons (Fsp3) is 0.636. The molecule has 0 aliphatic carbocycles. The van der Waals surface area contributed by atoms with E-state index in [1.807, 2.05) is 34.6 Å². The Morgan fingerprint density at radius 1 is 1.53 bits per heavy atom. The molecule has 0 aromatic carbocycles. The Morgan fingerprint density at radius 3 is 2.53 bits per heavy atom. The molecule has 1 rings (SSSR count). The zero-order valence-corrected chi connectivity index (χ0v) is 12.4. The van der Waals surface area contributed by atoms with E-state index < -0.39 is 5.60 Å². The Bertz CT molecular complexity index is 410. The number of carbonyl (C=O) groups is 1. The summed E-state index contributed by atoms with van der Waals surface area (Å²) < 4.78 is 6.28. The molecule has 0 amide bonds. The minimum absolute atomic E-state index is 0.214. The molecule has 17 heavy (non-hydrogen) atoms. The first-order valence-electron chi connectivity index (χ1n) is 5.31. The van der Waals surface area contributed by atoms with Crippen LogP contribution in [0.1, 0.15) is 33.4 Å². The Balaban J connectivity index is 2.63. The third kappa shape index (κ3) is 4.55. The maximum absolute atomic E-state index is 11.8. The predicted octanol–water partition coefficient (Wildman–Crippen LogP) is 2.86. The van der Waals surface area contributed by atoms with E-state index in [4.69, 9.17) is 10.5 Å². The fourth-order valence-corrected chi connectivity index (χ4v) is 3.23. The summed E-state index contributed by atoms with van der Waals surface area (Å²) in [5.41, 5.74) is 6.03. The van der Waals surface area contributed by atoms with Crippen LogP contribution in [-0.4, -0.2) is 21.8 Å². The molecule has 0 fully saturated rings. The van der Waals surface area contributed by atoms with E-state index in [2.05, 4.69) is 4.98 Å². The Hall–Kier alpha value is -0.750. The zero-order valence-electron chi connectivity index (χ0n) is 10.7. The number of esters is 1. The van der Waals surface area contributed by atoms with Gasteiger partial charge in [0.1, 0.15) is 10.9 Å². The highest BCUT2D eigenvalue weighted by atomic mass is 32.2. The number of nitrogens with two attached hydrogens (primary N) is 1. The van der Waals surface area contributed by atoms with Gasteiger partial charge in [0.15, 0.2) is 5.13 Å². The van der Waals surface area contributed by atoms with Gasteiger partial charge >= 0.3 is 5.97 Å². The molecule has 0 saturated carbocycles. The number of hydrogen-bond donors (Lipinski definition) is 1. The summed E-state index contributed by atoms with van der Waals surface area (Å²) in [6.45, 7) is 9.29. The van der Waals surface area contributed by atoms with E-state index in [0.29, 0.717) is 5.13 Å². The molecule has 96 valence electrons. The number of carbonyl (C=O) groups excluding carboxylic acids is 1. The van der Waals surface area contributed by atoms with Gasteiger partial charge in [0, 0.05) is 0 Å². The van der Waals surface area contributed by atoms with Crippen molar-refractivity contribution in [2.24, 2.45) is 0 Å². The lowest BCUT2D eigenvalue weighted by Gasteiger charge is -2.21. The highest BCUT2D eigenvalue weighted by molar-refractivity contribution is 8.02. The van der Waals surface area contributed by atoms with Crippen LogP contribution in [0.5, 0.6) is 0 Å². The molecule has 1 atom stereocenters. The first-order chi connectivity index (χ1) is 7.69. The molecule has 0 aliphatic rings. The number of nitrogens with zero attached hydrogens (tertiary/aromatic N) is 1. The number of rotatable bonds is 3. The van der Waals surface area contributed by atoms with Gasteiger partial charge in [0.05, 0.1) is 9.90 Å². The summed E-state index contributed by atoms with van der Waals surface area (Å²) in [6, 6.07) is 0. The third-order valence-corrected chi connectivity index (χ3v) is 4.17. The molecule has 0 spiro atoms. The number of anilines is 1. The lowest BCUT2D eigenvalue weighted by molar-refractivity contribution is -0.153. The van der Waals surface area contributed by atoms with Crippen LogP contribution < -0.4 is 5.73 Å². The van der Waals surface area contributed by atoms with Crippen LogP contribution in [0.15, 0.2) is 4.21 Å². The van der Waals surface area contributed by atoms with Gasteiger partial charge in [-0.2, -0.15) is 0 Å². The van der Waals surface area contributed by atoms with Gasteiger partial charge in [0.2, 0.25) is 0 Å². The van der Waals surface area contributed by atoms with Crippen LogP contribution in [0.4, 0.5) is 5.13 Å². The van der Waals surface area contributed by atoms with Gasteiger partial charge in [0.25, 0.3) is 0 Å². The van der Waals surface area contributed by atoms with Gasteiger partial charge in [-0.05, 0) is 34.6 Å². The van der Waals surface area contributed by atoms with Gasteiger partial charge in [-0.15, -0.1) is 0 Å². The summed E-state index contributed by atoms with van der Waals surface area (Å²) in [4.78, 5) is 15.9. The third-order valence-electron chi connectivity index (χ3n) is 1.79. The minimum Gasteiger partial charge on any atom is -0.459 e. The van der Waals surface area contributed by atoms with Crippen molar-refractivity contribution in [1.29, 1.82) is 0 Å². The molecule has 0 saturated heterocycles. The average molecular weight is 274 g/mol. The molecule has 0 bridgehead atoms. The molecule has 1 heterocycles. The second kappa shape index (κ2) is 5.27. The topological polar surface area (TPSA) is 65.2 Å². The lowest BCUT2D eigenvalue weighted by atomic mass is 10.2. The first-order valence-corrected chi connectivity index (χ1v) is 7.01. The van der Waals surface area contributed by atoms with Crippen molar-refractivity contribution < 1.29 is 9.53 Å². The molecule has 0 aliphatic heterocycles. The summed E-state index contributed by atoms with van der Waals surface area (Å²) in [5, 5.41) is 0.272. The van der Waals surface area contributed by atoms with Crippen LogP contribution >= 0.6 is 23.1 Å². The van der Waals surface area contributed by atoms with Gasteiger partial charge in [-0.1, -0.05) is 23.1 Å². The minimum atomic E-state index is -0.451. The molecule has 1 unspecified atom stereocenters. The van der Waals surface area contributed by atoms with E-state index in [9.17, 15) is 4.79 Å². The van der Waals surface area contributed by atoms with Crippen molar-refractivity contribution in [1.82, 2.24) is 4.98 Å². The fourth-order valence-electron chi connectivity index (χ4n) is 1.11. The number of ether oxygens (including phenoxy) is 1. The molecule has 1 aromatic rings. The predicted molar refractivity (Wildman–Crippen MR) is 72.4 cm³/mol. The van der Waals surface area contributed by atoms with Crippen molar-refractivity contribution in [3.63, 3.8) is 0 Å². The number of hydrogen-bond acceptors (Lipinski definition) is 6. The van der Waals surface area contributed by atoms with Crippen molar-refractivity contribution >= 4 is 34.2 Å². The SMILES string of the molecule is Cc1nc(N)sc1SC(C)C(=O)OC(C)(C)C. The standard InChI is InChI=1S/C11H18N2O2S2/c1-6-9(17-10(12)13-6)16-7(2)8(14)15-11(3,4)5/h7H,1-5H3,(H2,12,13). The normalized spacial score (nSPS) is 13.5. The summed E-state index contributed by atoms with van der Waals surface area (Å²) in [6.07, 6.45) is 0. The largest absolute Gasteiger partial charge is 0.459 e. The molecular formula is C11H18N2O2S2. The zero-order chi connectivity index (χ0) is 13.2. The molecule has 1 aromatic heterocycles. The highest BCUT2D eigenvalue weighted by Crippen LogP contribution is 2.34. The summed E-state index contributed by atoms with van der Waals surface area (Å²) in [5.74, 6) is -0.214. The summed E-state index contributed by atoms with van der Waals surface area (Å²) >= 11 is 2.84.